The lowest BCUT2D eigenvalue weighted by Gasteiger charge is -2.30. The summed E-state index contributed by atoms with van der Waals surface area (Å²) in [6.07, 6.45) is 3.47. The van der Waals surface area contributed by atoms with Crippen LogP contribution in [0.4, 0.5) is 17.1 Å². The van der Waals surface area contributed by atoms with Crippen LogP contribution in [-0.4, -0.2) is 4.57 Å². The molecule has 1 atom stereocenters. The molecule has 0 saturated heterocycles. The van der Waals surface area contributed by atoms with Crippen molar-refractivity contribution in [2.75, 3.05) is 4.90 Å². The molecule has 1 unspecified atom stereocenters. The normalized spacial score (nSPS) is 13.8. The van der Waals surface area contributed by atoms with E-state index in [0.717, 1.165) is 23.5 Å². The maximum absolute atomic E-state index is 2.55. The molecule has 1 aliphatic carbocycles. The molecule has 356 valence electrons. The van der Waals surface area contributed by atoms with Crippen molar-refractivity contribution >= 4 is 61.3 Å². The van der Waals surface area contributed by atoms with Gasteiger partial charge in [-0.2, -0.15) is 0 Å². The van der Waals surface area contributed by atoms with Gasteiger partial charge in [-0.3, -0.25) is 0 Å². The average Bonchev–Trinajstić information content (AvgIpc) is 3.74. The Balaban J connectivity index is 1.00. The molecule has 0 aliphatic heterocycles. The molecule has 0 amide bonds. The van der Waals surface area contributed by atoms with Crippen LogP contribution in [-0.2, 0) is 17.3 Å². The summed E-state index contributed by atoms with van der Waals surface area (Å²) in [6.45, 7) is 16.1. The van der Waals surface area contributed by atoms with Crippen LogP contribution in [0.15, 0.2) is 224 Å². The molecule has 1 aromatic heterocycles. The fraction of sp³-hybridized carbons (Fsp3) is 0.155. The minimum Gasteiger partial charge on any atom is -0.311 e. The second kappa shape index (κ2) is 18.1. The fourth-order valence-electron chi connectivity index (χ4n) is 11.5. The maximum Gasteiger partial charge on any atom is 0.0541 e. The molecule has 2 heteroatoms. The Bertz CT molecular complexity index is 3850. The van der Waals surface area contributed by atoms with Crippen LogP contribution in [0, 0.1) is 5.92 Å². The number of hydrogen-bond donors (Lipinski definition) is 0. The molecule has 1 aliphatic rings. The highest BCUT2D eigenvalue weighted by atomic mass is 15.1. The lowest BCUT2D eigenvalue weighted by atomic mass is 9.74. The summed E-state index contributed by atoms with van der Waals surface area (Å²) < 4.78 is 2.44. The third kappa shape index (κ3) is 8.35. The Kier molecular flexibility index (Phi) is 11.4. The molecular weight excluding hydrogens is 881 g/mol. The van der Waals surface area contributed by atoms with Gasteiger partial charge in [0.05, 0.1) is 11.0 Å². The molecule has 2 nitrogen and oxygen atoms in total. The molecule has 0 spiro atoms. The minimum absolute atomic E-state index is 0.0810. The predicted molar refractivity (Wildman–Crippen MR) is 314 cm³/mol. The summed E-state index contributed by atoms with van der Waals surface area (Å²) in [4.78, 5) is 2.36. The number of allylic oxidation sites excluding steroid dienone is 1. The molecular formula is C71H62N2. The Morgan fingerprint density at radius 3 is 1.52 bits per heavy atom. The highest BCUT2D eigenvalue weighted by Gasteiger charge is 2.29. The van der Waals surface area contributed by atoms with Crippen LogP contribution in [0.1, 0.15) is 76.3 Å². The maximum atomic E-state index is 2.55. The van der Waals surface area contributed by atoms with Crippen molar-refractivity contribution in [2.24, 2.45) is 5.92 Å². The Hall–Kier alpha value is -8.20. The molecule has 11 aromatic rings. The highest BCUT2D eigenvalue weighted by Crippen LogP contribution is 2.50. The minimum atomic E-state index is 0.0810. The van der Waals surface area contributed by atoms with Gasteiger partial charge in [0, 0.05) is 33.5 Å². The summed E-state index contributed by atoms with van der Waals surface area (Å²) in [7, 11) is 0. The third-order valence-electron chi connectivity index (χ3n) is 15.4. The lowest BCUT2D eigenvalue weighted by Crippen LogP contribution is -2.13. The largest absolute Gasteiger partial charge is 0.311 e. The summed E-state index contributed by atoms with van der Waals surface area (Å²) in [6, 6.07) is 83.5. The van der Waals surface area contributed by atoms with Gasteiger partial charge in [-0.25, -0.2) is 0 Å². The molecule has 0 bridgehead atoms. The smallest absolute Gasteiger partial charge is 0.0541 e. The Labute approximate surface area is 431 Å². The van der Waals surface area contributed by atoms with Crippen molar-refractivity contribution in [2.45, 2.75) is 65.7 Å². The molecule has 73 heavy (non-hydrogen) atoms. The van der Waals surface area contributed by atoms with Gasteiger partial charge < -0.3 is 9.47 Å². The second-order valence-electron chi connectivity index (χ2n) is 22.2. The van der Waals surface area contributed by atoms with E-state index < -0.39 is 0 Å². The van der Waals surface area contributed by atoms with E-state index in [4.69, 9.17) is 0 Å². The van der Waals surface area contributed by atoms with E-state index >= 15 is 0 Å². The number of nitrogens with zero attached hydrogens (tertiary/aromatic N) is 2. The van der Waals surface area contributed by atoms with Gasteiger partial charge >= 0.3 is 0 Å². The van der Waals surface area contributed by atoms with Crippen molar-refractivity contribution in [1.82, 2.24) is 4.57 Å². The summed E-state index contributed by atoms with van der Waals surface area (Å²) in [5.41, 5.74) is 22.8. The number of anilines is 3. The number of aromatic nitrogens is 1. The third-order valence-corrected chi connectivity index (χ3v) is 15.4. The topological polar surface area (TPSA) is 8.17 Å². The fourth-order valence-corrected chi connectivity index (χ4v) is 11.5. The van der Waals surface area contributed by atoms with Crippen molar-refractivity contribution in [3.05, 3.63) is 252 Å². The van der Waals surface area contributed by atoms with Crippen LogP contribution in [0.25, 0.3) is 83.3 Å². The van der Waals surface area contributed by atoms with Gasteiger partial charge in [-0.05, 0) is 180 Å². The Morgan fingerprint density at radius 2 is 0.890 bits per heavy atom. The van der Waals surface area contributed by atoms with Crippen LogP contribution in [0.3, 0.4) is 0 Å². The van der Waals surface area contributed by atoms with E-state index in [1.54, 1.807) is 0 Å². The zero-order valence-corrected chi connectivity index (χ0v) is 43.1. The lowest BCUT2D eigenvalue weighted by molar-refractivity contribution is 0.590. The Morgan fingerprint density at radius 1 is 0.397 bits per heavy atom. The van der Waals surface area contributed by atoms with Crippen molar-refractivity contribution < 1.29 is 0 Å². The number of hydrogen-bond acceptors (Lipinski definition) is 1. The van der Waals surface area contributed by atoms with Gasteiger partial charge in [0.2, 0.25) is 0 Å². The van der Waals surface area contributed by atoms with E-state index in [2.05, 4.69) is 288 Å². The van der Waals surface area contributed by atoms with E-state index in [1.165, 1.54) is 105 Å². The molecule has 10 aromatic carbocycles. The van der Waals surface area contributed by atoms with Gasteiger partial charge in [-0.1, -0.05) is 200 Å². The first kappa shape index (κ1) is 45.9. The standard InChI is InChI=1S/C71H62N2/c1-47-43-63-65(46-61(47)52-30-42-67-62(45-52)59-25-17-18-26-66(59)73(67)58-39-33-54(34-40-58)71(5,6)7)68(49-19-11-8-12-20-49)60-41-29-51(44-64(60)69(63)50-21-13-9-14-22-50)48-27-35-56(36-28-48)72(55-23-15-10-16-24-55)57-37-31-53(32-38-57)70(2,3)4/h8-42,44-47H,43H2,1-7H3. The molecule has 12 rings (SSSR count). The molecule has 0 saturated carbocycles. The molecule has 0 radical (unpaired) electrons. The zero-order chi connectivity index (χ0) is 50.0. The van der Waals surface area contributed by atoms with Gasteiger partial charge in [0.15, 0.2) is 0 Å². The summed E-state index contributed by atoms with van der Waals surface area (Å²) >= 11 is 0. The molecule has 0 N–H and O–H groups in total. The van der Waals surface area contributed by atoms with Crippen molar-refractivity contribution in [3.63, 3.8) is 0 Å². The van der Waals surface area contributed by atoms with E-state index in [-0.39, 0.29) is 16.7 Å². The summed E-state index contributed by atoms with van der Waals surface area (Å²) in [5.74, 6) is 0.278. The monoisotopic (exact) mass is 942 g/mol. The SMILES string of the molecule is CC1Cc2c(c(-c3ccccc3)c3ccc(-c4ccc(N(c5ccccc5)c5ccc(C(C)(C)C)cc5)cc4)cc3c2-c2ccccc2)C=C1c1ccc2c(c1)c1ccccc1n2-c1ccc(C(C)(C)C)cc1. The predicted octanol–water partition coefficient (Wildman–Crippen LogP) is 19.7. The molecule has 0 fully saturated rings. The number of fused-ring (bicyclic) bond motifs is 5. The van der Waals surface area contributed by atoms with E-state index in [0.29, 0.717) is 0 Å². The average molecular weight is 943 g/mol. The number of para-hydroxylation sites is 2. The first-order chi connectivity index (χ1) is 35.4. The van der Waals surface area contributed by atoms with Crippen molar-refractivity contribution in [1.29, 1.82) is 0 Å². The molecule has 1 heterocycles. The zero-order valence-electron chi connectivity index (χ0n) is 43.1. The van der Waals surface area contributed by atoms with Gasteiger partial charge in [-0.15, -0.1) is 0 Å². The number of benzene rings is 10. The summed E-state index contributed by atoms with van der Waals surface area (Å²) in [5, 5.41) is 5.10. The first-order valence-electron chi connectivity index (χ1n) is 26.0. The van der Waals surface area contributed by atoms with Crippen LogP contribution in [0.5, 0.6) is 0 Å². The van der Waals surface area contributed by atoms with Gasteiger partial charge in [0.25, 0.3) is 0 Å². The van der Waals surface area contributed by atoms with Crippen LogP contribution < -0.4 is 4.90 Å². The quantitative estimate of drug-likeness (QED) is 0.147. The van der Waals surface area contributed by atoms with Gasteiger partial charge in [0.1, 0.15) is 0 Å². The van der Waals surface area contributed by atoms with E-state index in [9.17, 15) is 0 Å². The van der Waals surface area contributed by atoms with Crippen molar-refractivity contribution in [3.8, 4) is 39.1 Å². The number of rotatable bonds is 8. The highest BCUT2D eigenvalue weighted by molar-refractivity contribution is 6.14. The van der Waals surface area contributed by atoms with E-state index in [1.807, 2.05) is 0 Å². The first-order valence-corrected chi connectivity index (χ1v) is 26.0. The van der Waals surface area contributed by atoms with Crippen LogP contribution in [0.2, 0.25) is 0 Å². The second-order valence-corrected chi connectivity index (χ2v) is 22.2. The van der Waals surface area contributed by atoms with Crippen LogP contribution >= 0.6 is 0 Å².